The SMILES string of the molecule is CCc1ccc(C(=O)Nc2ccc(C)cc2C#CCO)o1. The van der Waals surface area contributed by atoms with Crippen LogP contribution >= 0.6 is 0 Å². The standard InChI is InChI=1S/C17H17NO3/c1-3-14-7-9-16(21-14)17(20)18-15-8-6-12(2)11-13(15)5-4-10-19/h6-9,11,19H,3,10H2,1-2H3,(H,18,20). The molecule has 0 unspecified atom stereocenters. The van der Waals surface area contributed by atoms with Crippen molar-refractivity contribution in [3.05, 3.63) is 53.0 Å². The second-order valence-electron chi connectivity index (χ2n) is 4.58. The Bertz CT molecular complexity index is 704. The van der Waals surface area contributed by atoms with Crippen LogP contribution in [0.25, 0.3) is 0 Å². The van der Waals surface area contributed by atoms with Gasteiger partial charge in [0.1, 0.15) is 12.4 Å². The van der Waals surface area contributed by atoms with Crippen LogP contribution in [0.15, 0.2) is 34.7 Å². The highest BCUT2D eigenvalue weighted by Crippen LogP contribution is 2.18. The number of rotatable bonds is 3. The number of carbonyl (C=O) groups excluding carboxylic acids is 1. The number of aliphatic hydroxyl groups excluding tert-OH is 1. The number of furan rings is 1. The minimum Gasteiger partial charge on any atom is -0.456 e. The van der Waals surface area contributed by atoms with E-state index in [0.717, 1.165) is 17.7 Å². The first kappa shape index (κ1) is 14.9. The molecule has 1 aromatic carbocycles. The number of aliphatic hydroxyl groups is 1. The fraction of sp³-hybridized carbons (Fsp3) is 0.235. The van der Waals surface area contributed by atoms with Gasteiger partial charge in [-0.1, -0.05) is 24.8 Å². The number of aryl methyl sites for hydroxylation is 2. The van der Waals surface area contributed by atoms with Crippen molar-refractivity contribution in [2.75, 3.05) is 11.9 Å². The molecule has 2 N–H and O–H groups in total. The third-order valence-electron chi connectivity index (χ3n) is 2.96. The predicted octanol–water partition coefficient (Wildman–Crippen LogP) is 2.75. The summed E-state index contributed by atoms with van der Waals surface area (Å²) in [6, 6.07) is 8.98. The minimum atomic E-state index is -0.314. The van der Waals surface area contributed by atoms with E-state index in [4.69, 9.17) is 9.52 Å². The van der Waals surface area contributed by atoms with Crippen molar-refractivity contribution in [1.82, 2.24) is 0 Å². The van der Waals surface area contributed by atoms with E-state index in [-0.39, 0.29) is 18.3 Å². The minimum absolute atomic E-state index is 0.223. The lowest BCUT2D eigenvalue weighted by Gasteiger charge is -2.07. The van der Waals surface area contributed by atoms with Crippen LogP contribution in [0.5, 0.6) is 0 Å². The molecule has 0 spiro atoms. The highest BCUT2D eigenvalue weighted by atomic mass is 16.3. The number of hydrogen-bond acceptors (Lipinski definition) is 3. The van der Waals surface area contributed by atoms with Crippen LogP contribution in [0, 0.1) is 18.8 Å². The summed E-state index contributed by atoms with van der Waals surface area (Å²) in [5, 5.41) is 11.6. The highest BCUT2D eigenvalue weighted by Gasteiger charge is 2.12. The van der Waals surface area contributed by atoms with Gasteiger partial charge in [0.25, 0.3) is 5.91 Å². The molecule has 0 atom stereocenters. The fourth-order valence-corrected chi connectivity index (χ4v) is 1.88. The maximum absolute atomic E-state index is 12.2. The Morgan fingerprint density at radius 1 is 1.33 bits per heavy atom. The van der Waals surface area contributed by atoms with Crippen LogP contribution in [0.3, 0.4) is 0 Å². The summed E-state index contributed by atoms with van der Waals surface area (Å²) >= 11 is 0. The van der Waals surface area contributed by atoms with Crippen molar-refractivity contribution in [2.24, 2.45) is 0 Å². The van der Waals surface area contributed by atoms with Crippen molar-refractivity contribution in [1.29, 1.82) is 0 Å². The Hall–Kier alpha value is -2.51. The van der Waals surface area contributed by atoms with Crippen molar-refractivity contribution < 1.29 is 14.3 Å². The number of hydrogen-bond donors (Lipinski definition) is 2. The van der Waals surface area contributed by atoms with E-state index in [1.807, 2.05) is 26.0 Å². The zero-order valence-electron chi connectivity index (χ0n) is 12.1. The molecule has 1 heterocycles. The summed E-state index contributed by atoms with van der Waals surface area (Å²) in [4.78, 5) is 12.2. The largest absolute Gasteiger partial charge is 0.456 e. The van der Waals surface area contributed by atoms with Crippen LogP contribution in [0.2, 0.25) is 0 Å². The smallest absolute Gasteiger partial charge is 0.291 e. The summed E-state index contributed by atoms with van der Waals surface area (Å²) in [6.07, 6.45) is 0.741. The molecule has 2 aromatic rings. The van der Waals surface area contributed by atoms with Gasteiger partial charge in [-0.05, 0) is 36.8 Å². The number of benzene rings is 1. The van der Waals surface area contributed by atoms with Crippen molar-refractivity contribution in [3.8, 4) is 11.8 Å². The first-order valence-electron chi connectivity index (χ1n) is 6.74. The summed E-state index contributed by atoms with van der Waals surface area (Å²) in [5.74, 6) is 6.15. The maximum atomic E-state index is 12.2. The average Bonchev–Trinajstić information content (AvgIpc) is 2.96. The lowest BCUT2D eigenvalue weighted by atomic mass is 10.1. The second kappa shape index (κ2) is 6.78. The molecule has 1 amide bonds. The van der Waals surface area contributed by atoms with Gasteiger partial charge in [-0.15, -0.1) is 0 Å². The number of amides is 1. The quantitative estimate of drug-likeness (QED) is 0.851. The van der Waals surface area contributed by atoms with E-state index in [1.165, 1.54) is 0 Å². The van der Waals surface area contributed by atoms with Crippen LogP contribution in [-0.2, 0) is 6.42 Å². The van der Waals surface area contributed by atoms with Crippen LogP contribution in [0.4, 0.5) is 5.69 Å². The normalized spacial score (nSPS) is 9.86. The molecule has 2 rings (SSSR count). The molecule has 0 radical (unpaired) electrons. The molecule has 0 bridgehead atoms. The van der Waals surface area contributed by atoms with Gasteiger partial charge in [-0.2, -0.15) is 0 Å². The first-order chi connectivity index (χ1) is 10.1. The molecule has 4 heteroatoms. The summed E-state index contributed by atoms with van der Waals surface area (Å²) in [6.45, 7) is 3.68. The van der Waals surface area contributed by atoms with E-state index < -0.39 is 0 Å². The lowest BCUT2D eigenvalue weighted by Crippen LogP contribution is -2.12. The third-order valence-corrected chi connectivity index (χ3v) is 2.96. The monoisotopic (exact) mass is 283 g/mol. The zero-order chi connectivity index (χ0) is 15.2. The van der Waals surface area contributed by atoms with E-state index in [0.29, 0.717) is 11.3 Å². The van der Waals surface area contributed by atoms with E-state index >= 15 is 0 Å². The van der Waals surface area contributed by atoms with Gasteiger partial charge in [-0.25, -0.2) is 0 Å². The second-order valence-corrected chi connectivity index (χ2v) is 4.58. The Morgan fingerprint density at radius 2 is 2.14 bits per heavy atom. The fourth-order valence-electron chi connectivity index (χ4n) is 1.88. The molecule has 108 valence electrons. The van der Waals surface area contributed by atoms with Gasteiger partial charge in [0, 0.05) is 12.0 Å². The van der Waals surface area contributed by atoms with Gasteiger partial charge in [0.05, 0.1) is 5.69 Å². The summed E-state index contributed by atoms with van der Waals surface area (Å²) in [7, 11) is 0. The summed E-state index contributed by atoms with van der Waals surface area (Å²) < 4.78 is 5.42. The summed E-state index contributed by atoms with van der Waals surface area (Å²) in [5.41, 5.74) is 2.29. The number of anilines is 1. The van der Waals surface area contributed by atoms with Gasteiger partial charge < -0.3 is 14.8 Å². The van der Waals surface area contributed by atoms with Gasteiger partial charge in [0.2, 0.25) is 0 Å². The zero-order valence-corrected chi connectivity index (χ0v) is 12.1. The molecule has 0 aliphatic heterocycles. The van der Waals surface area contributed by atoms with Gasteiger partial charge >= 0.3 is 0 Å². The Morgan fingerprint density at radius 3 is 2.81 bits per heavy atom. The average molecular weight is 283 g/mol. The Kier molecular flexibility index (Phi) is 4.81. The topological polar surface area (TPSA) is 62.5 Å². The van der Waals surface area contributed by atoms with Crippen molar-refractivity contribution >= 4 is 11.6 Å². The molecule has 0 aliphatic carbocycles. The highest BCUT2D eigenvalue weighted by molar-refractivity contribution is 6.03. The van der Waals surface area contributed by atoms with E-state index in [1.54, 1.807) is 18.2 Å². The molecule has 4 nitrogen and oxygen atoms in total. The molecular formula is C17H17NO3. The molecule has 0 fully saturated rings. The predicted molar refractivity (Wildman–Crippen MR) is 81.2 cm³/mol. The van der Waals surface area contributed by atoms with Crippen LogP contribution in [0.1, 0.15) is 34.4 Å². The maximum Gasteiger partial charge on any atom is 0.291 e. The Labute approximate surface area is 123 Å². The number of nitrogens with one attached hydrogen (secondary N) is 1. The molecule has 1 aromatic heterocycles. The molecule has 21 heavy (non-hydrogen) atoms. The van der Waals surface area contributed by atoms with Crippen LogP contribution in [-0.4, -0.2) is 17.6 Å². The first-order valence-corrected chi connectivity index (χ1v) is 6.74. The third kappa shape index (κ3) is 3.74. The van der Waals surface area contributed by atoms with Gasteiger partial charge in [-0.3, -0.25) is 4.79 Å². The Balaban J connectivity index is 2.24. The van der Waals surface area contributed by atoms with Crippen molar-refractivity contribution in [2.45, 2.75) is 20.3 Å². The van der Waals surface area contributed by atoms with Gasteiger partial charge in [0.15, 0.2) is 5.76 Å². The van der Waals surface area contributed by atoms with E-state index in [2.05, 4.69) is 17.2 Å². The molecule has 0 saturated carbocycles. The molecule has 0 aliphatic rings. The van der Waals surface area contributed by atoms with Crippen LogP contribution < -0.4 is 5.32 Å². The molecule has 0 saturated heterocycles. The van der Waals surface area contributed by atoms with Crippen molar-refractivity contribution in [3.63, 3.8) is 0 Å². The number of carbonyl (C=O) groups is 1. The van der Waals surface area contributed by atoms with E-state index in [9.17, 15) is 4.79 Å². The lowest BCUT2D eigenvalue weighted by molar-refractivity contribution is 0.0995. The molecular weight excluding hydrogens is 266 g/mol.